The SMILES string of the molecule is CN=C(NCC(C)(C)C(=O)NC)N1CC(=O)N(C(C)C)C(C)(C)C1.I. The molecule has 1 aliphatic rings. The van der Waals surface area contributed by atoms with E-state index in [1.807, 2.05) is 37.5 Å². The smallest absolute Gasteiger partial charge is 0.242 e. The summed E-state index contributed by atoms with van der Waals surface area (Å²) in [5, 5.41) is 5.91. The topological polar surface area (TPSA) is 77.0 Å². The van der Waals surface area contributed by atoms with Crippen molar-refractivity contribution in [2.45, 2.75) is 53.1 Å². The molecule has 1 rings (SSSR count). The highest BCUT2D eigenvalue weighted by Crippen LogP contribution is 2.24. The molecule has 0 bridgehead atoms. The van der Waals surface area contributed by atoms with Crippen molar-refractivity contribution in [1.82, 2.24) is 20.4 Å². The number of carbonyl (C=O) groups excluding carboxylic acids is 2. The summed E-state index contributed by atoms with van der Waals surface area (Å²) in [5.74, 6) is 0.707. The molecular weight excluding hydrogens is 433 g/mol. The van der Waals surface area contributed by atoms with E-state index in [1.165, 1.54) is 0 Å². The molecular formula is C17H34IN5O2. The largest absolute Gasteiger partial charge is 0.359 e. The van der Waals surface area contributed by atoms with Crippen LogP contribution < -0.4 is 10.6 Å². The summed E-state index contributed by atoms with van der Waals surface area (Å²) in [6.07, 6.45) is 0. The Hall–Kier alpha value is -1.06. The molecule has 0 aromatic heterocycles. The fourth-order valence-corrected chi connectivity index (χ4v) is 3.36. The van der Waals surface area contributed by atoms with Crippen molar-refractivity contribution in [2.24, 2.45) is 10.4 Å². The van der Waals surface area contributed by atoms with Crippen molar-refractivity contribution < 1.29 is 9.59 Å². The van der Waals surface area contributed by atoms with E-state index in [4.69, 9.17) is 0 Å². The Morgan fingerprint density at radius 1 is 1.36 bits per heavy atom. The lowest BCUT2D eigenvalue weighted by molar-refractivity contribution is -0.145. The minimum Gasteiger partial charge on any atom is -0.359 e. The summed E-state index contributed by atoms with van der Waals surface area (Å²) in [6, 6.07) is 0.164. The molecule has 25 heavy (non-hydrogen) atoms. The summed E-state index contributed by atoms with van der Waals surface area (Å²) in [4.78, 5) is 32.7. The van der Waals surface area contributed by atoms with Gasteiger partial charge in [0.1, 0.15) is 0 Å². The highest BCUT2D eigenvalue weighted by molar-refractivity contribution is 14.0. The van der Waals surface area contributed by atoms with Gasteiger partial charge in [-0.05, 0) is 41.5 Å². The first-order valence-corrected chi connectivity index (χ1v) is 8.46. The molecule has 0 aliphatic carbocycles. The molecule has 1 fully saturated rings. The number of guanidine groups is 1. The molecule has 0 unspecified atom stereocenters. The standard InChI is InChI=1S/C17H33N5O2.HI/c1-12(2)22-13(23)9-21(11-17(22,5)6)15(19-8)20-10-16(3,4)14(24)18-7;/h12H,9-11H2,1-8H3,(H,18,24)(H,19,20);1H. The number of halogens is 1. The van der Waals surface area contributed by atoms with E-state index in [0.717, 1.165) is 0 Å². The van der Waals surface area contributed by atoms with Crippen LogP contribution in [0.3, 0.4) is 0 Å². The maximum atomic E-state index is 12.6. The van der Waals surface area contributed by atoms with Gasteiger partial charge in [-0.25, -0.2) is 0 Å². The minimum absolute atomic E-state index is 0. The fourth-order valence-electron chi connectivity index (χ4n) is 3.36. The van der Waals surface area contributed by atoms with E-state index < -0.39 is 5.41 Å². The van der Waals surface area contributed by atoms with Gasteiger partial charge in [-0.2, -0.15) is 0 Å². The average Bonchev–Trinajstić information content (AvgIpc) is 2.44. The highest BCUT2D eigenvalue weighted by Gasteiger charge is 2.41. The number of aliphatic imine (C=N–C) groups is 1. The van der Waals surface area contributed by atoms with Crippen molar-refractivity contribution in [3.05, 3.63) is 0 Å². The number of hydrogen-bond donors (Lipinski definition) is 2. The van der Waals surface area contributed by atoms with Gasteiger partial charge in [0.25, 0.3) is 0 Å². The van der Waals surface area contributed by atoms with E-state index in [1.54, 1.807) is 14.1 Å². The number of hydrogen-bond acceptors (Lipinski definition) is 3. The van der Waals surface area contributed by atoms with Crippen LogP contribution in [0.1, 0.15) is 41.5 Å². The van der Waals surface area contributed by atoms with Gasteiger partial charge in [0.2, 0.25) is 11.8 Å². The third-order valence-electron chi connectivity index (χ3n) is 4.38. The van der Waals surface area contributed by atoms with Gasteiger partial charge in [0.05, 0.1) is 17.5 Å². The Morgan fingerprint density at radius 3 is 2.32 bits per heavy atom. The van der Waals surface area contributed by atoms with Crippen molar-refractivity contribution in [2.75, 3.05) is 33.7 Å². The third-order valence-corrected chi connectivity index (χ3v) is 4.38. The van der Waals surface area contributed by atoms with Gasteiger partial charge in [-0.3, -0.25) is 14.6 Å². The van der Waals surface area contributed by atoms with Crippen LogP contribution in [0, 0.1) is 5.41 Å². The van der Waals surface area contributed by atoms with Gasteiger partial charge >= 0.3 is 0 Å². The molecule has 2 N–H and O–H groups in total. The highest BCUT2D eigenvalue weighted by atomic mass is 127. The molecule has 8 heteroatoms. The zero-order valence-electron chi connectivity index (χ0n) is 16.8. The lowest BCUT2D eigenvalue weighted by Crippen LogP contribution is -2.66. The zero-order chi connectivity index (χ0) is 18.7. The first-order chi connectivity index (χ1) is 11.0. The van der Waals surface area contributed by atoms with Gasteiger partial charge in [0, 0.05) is 33.2 Å². The van der Waals surface area contributed by atoms with Crippen LogP contribution in [0.2, 0.25) is 0 Å². The Kier molecular flexibility index (Phi) is 8.66. The maximum absolute atomic E-state index is 12.6. The molecule has 0 atom stereocenters. The van der Waals surface area contributed by atoms with Crippen LogP contribution >= 0.6 is 24.0 Å². The Balaban J connectivity index is 0.00000576. The second-order valence-corrected chi connectivity index (χ2v) is 7.89. The van der Waals surface area contributed by atoms with Gasteiger partial charge in [-0.1, -0.05) is 0 Å². The Labute approximate surface area is 169 Å². The summed E-state index contributed by atoms with van der Waals surface area (Å²) < 4.78 is 0. The number of rotatable bonds is 4. The molecule has 0 aromatic rings. The number of carbonyl (C=O) groups is 2. The van der Waals surface area contributed by atoms with E-state index in [9.17, 15) is 9.59 Å². The predicted octanol–water partition coefficient (Wildman–Crippen LogP) is 1.28. The minimum atomic E-state index is -0.566. The molecule has 0 saturated carbocycles. The first-order valence-electron chi connectivity index (χ1n) is 8.46. The van der Waals surface area contributed by atoms with Crippen molar-refractivity contribution in [3.63, 3.8) is 0 Å². The lowest BCUT2D eigenvalue weighted by Gasteiger charge is -2.49. The zero-order valence-corrected chi connectivity index (χ0v) is 19.1. The fraction of sp³-hybridized carbons (Fsp3) is 0.824. The Bertz CT molecular complexity index is 517. The van der Waals surface area contributed by atoms with Crippen LogP contribution in [-0.4, -0.2) is 72.9 Å². The van der Waals surface area contributed by atoms with E-state index >= 15 is 0 Å². The molecule has 1 aliphatic heterocycles. The molecule has 2 amide bonds. The van der Waals surface area contributed by atoms with Crippen LogP contribution in [0.4, 0.5) is 0 Å². The Morgan fingerprint density at radius 2 is 1.92 bits per heavy atom. The number of nitrogens with one attached hydrogen (secondary N) is 2. The van der Waals surface area contributed by atoms with Gasteiger partial charge in [-0.15, -0.1) is 24.0 Å². The van der Waals surface area contributed by atoms with Crippen LogP contribution in [0.15, 0.2) is 4.99 Å². The van der Waals surface area contributed by atoms with Crippen molar-refractivity contribution >= 4 is 41.8 Å². The summed E-state index contributed by atoms with van der Waals surface area (Å²) in [5.41, 5.74) is -0.846. The van der Waals surface area contributed by atoms with Crippen LogP contribution in [0.5, 0.6) is 0 Å². The van der Waals surface area contributed by atoms with Crippen LogP contribution in [-0.2, 0) is 9.59 Å². The summed E-state index contributed by atoms with van der Waals surface area (Å²) in [7, 11) is 3.33. The molecule has 0 aromatic carbocycles. The number of amides is 2. The molecule has 7 nitrogen and oxygen atoms in total. The first kappa shape index (κ1) is 23.9. The van der Waals surface area contributed by atoms with Crippen molar-refractivity contribution in [1.29, 1.82) is 0 Å². The number of piperazine rings is 1. The van der Waals surface area contributed by atoms with E-state index in [2.05, 4.69) is 29.5 Å². The normalized spacial score (nSPS) is 18.1. The van der Waals surface area contributed by atoms with Gasteiger partial charge in [0.15, 0.2) is 5.96 Å². The quantitative estimate of drug-likeness (QED) is 0.371. The van der Waals surface area contributed by atoms with E-state index in [0.29, 0.717) is 25.6 Å². The number of nitrogens with zero attached hydrogens (tertiary/aromatic N) is 3. The summed E-state index contributed by atoms with van der Waals surface area (Å²) >= 11 is 0. The molecule has 1 saturated heterocycles. The molecule has 1 heterocycles. The second kappa shape index (κ2) is 9.05. The predicted molar refractivity (Wildman–Crippen MR) is 112 cm³/mol. The monoisotopic (exact) mass is 467 g/mol. The van der Waals surface area contributed by atoms with E-state index in [-0.39, 0.29) is 47.4 Å². The maximum Gasteiger partial charge on any atom is 0.242 e. The van der Waals surface area contributed by atoms with Crippen LogP contribution in [0.25, 0.3) is 0 Å². The average molecular weight is 467 g/mol. The molecule has 0 spiro atoms. The van der Waals surface area contributed by atoms with Gasteiger partial charge < -0.3 is 20.4 Å². The lowest BCUT2D eigenvalue weighted by atomic mass is 9.92. The van der Waals surface area contributed by atoms with Crippen molar-refractivity contribution in [3.8, 4) is 0 Å². The third kappa shape index (κ3) is 5.72. The molecule has 0 radical (unpaired) electrons. The molecule has 146 valence electrons. The second-order valence-electron chi connectivity index (χ2n) is 7.89. The summed E-state index contributed by atoms with van der Waals surface area (Å²) in [6.45, 7) is 13.4.